The van der Waals surface area contributed by atoms with Crippen molar-refractivity contribution in [1.29, 1.82) is 0 Å². The Morgan fingerprint density at radius 3 is 2.78 bits per heavy atom. The number of benzene rings is 1. The van der Waals surface area contributed by atoms with Gasteiger partial charge in [0.1, 0.15) is 18.7 Å². The Balaban J connectivity index is 0.00000363. The minimum Gasteiger partial charge on any atom is -1.00 e. The number of anilines is 1. The van der Waals surface area contributed by atoms with Crippen LogP contribution in [-0.4, -0.2) is 73.0 Å². The van der Waals surface area contributed by atoms with Gasteiger partial charge in [-0.05, 0) is 25.1 Å². The molecule has 1 unspecified atom stereocenters. The number of aromatic amines is 1. The van der Waals surface area contributed by atoms with E-state index >= 15 is 0 Å². The topological polar surface area (TPSA) is 134 Å². The SMILES string of the molecule is CCOC(=O)CC1[NH2+]CCN(CC(=O)Nc2c(C(=O)OC)[nH]c3ccc(Cl)cc23)C1=O.[Cl-]. The Morgan fingerprint density at radius 1 is 1.34 bits per heavy atom. The molecule has 2 heterocycles. The predicted octanol–water partition coefficient (Wildman–Crippen LogP) is -2.72. The normalized spacial score (nSPS) is 15.8. The Hall–Kier alpha value is -2.82. The van der Waals surface area contributed by atoms with Gasteiger partial charge < -0.3 is 42.4 Å². The second-order valence-corrected chi connectivity index (χ2v) is 7.44. The maximum absolute atomic E-state index is 12.7. The fourth-order valence-corrected chi connectivity index (χ4v) is 3.68. The highest BCUT2D eigenvalue weighted by molar-refractivity contribution is 6.31. The molecule has 2 aromatic rings. The van der Waals surface area contributed by atoms with Crippen LogP contribution in [0.4, 0.5) is 5.69 Å². The predicted molar refractivity (Wildman–Crippen MR) is 112 cm³/mol. The number of fused-ring (bicyclic) bond motifs is 1. The van der Waals surface area contributed by atoms with Gasteiger partial charge in [0.25, 0.3) is 5.91 Å². The molecule has 4 N–H and O–H groups in total. The van der Waals surface area contributed by atoms with E-state index in [1.165, 1.54) is 12.0 Å². The molecule has 12 heteroatoms. The summed E-state index contributed by atoms with van der Waals surface area (Å²) in [5.74, 6) is -1.91. The molecule has 1 aliphatic heterocycles. The fourth-order valence-electron chi connectivity index (χ4n) is 3.51. The molecule has 0 spiro atoms. The maximum atomic E-state index is 12.7. The number of nitrogens with zero attached hydrogens (tertiary/aromatic N) is 1. The lowest BCUT2D eigenvalue weighted by atomic mass is 10.1. The number of rotatable bonds is 7. The van der Waals surface area contributed by atoms with E-state index in [0.717, 1.165) is 0 Å². The van der Waals surface area contributed by atoms with Gasteiger partial charge >= 0.3 is 11.9 Å². The second-order valence-electron chi connectivity index (χ2n) is 7.00. The highest BCUT2D eigenvalue weighted by atomic mass is 35.5. The highest BCUT2D eigenvalue weighted by Crippen LogP contribution is 2.30. The number of piperazine rings is 1. The average Bonchev–Trinajstić information content (AvgIpc) is 3.08. The summed E-state index contributed by atoms with van der Waals surface area (Å²) in [6.07, 6.45) is -0.0573. The lowest BCUT2D eigenvalue weighted by Gasteiger charge is -2.29. The van der Waals surface area contributed by atoms with E-state index in [4.69, 9.17) is 21.1 Å². The number of H-pyrrole nitrogens is 1. The van der Waals surface area contributed by atoms with E-state index < -0.39 is 23.9 Å². The van der Waals surface area contributed by atoms with Gasteiger partial charge in [0, 0.05) is 15.9 Å². The van der Waals surface area contributed by atoms with Crippen LogP contribution in [0.15, 0.2) is 18.2 Å². The Bertz CT molecular complexity index is 1020. The molecule has 1 atom stereocenters. The van der Waals surface area contributed by atoms with Crippen LogP contribution >= 0.6 is 11.6 Å². The lowest BCUT2D eigenvalue weighted by Crippen LogP contribution is -3.00. The summed E-state index contributed by atoms with van der Waals surface area (Å²) in [5.41, 5.74) is 0.901. The number of quaternary nitrogens is 1. The largest absolute Gasteiger partial charge is 1.00 e. The summed E-state index contributed by atoms with van der Waals surface area (Å²) in [4.78, 5) is 53.6. The van der Waals surface area contributed by atoms with Crippen molar-refractivity contribution >= 4 is 51.9 Å². The van der Waals surface area contributed by atoms with Crippen molar-refractivity contribution in [2.24, 2.45) is 0 Å². The summed E-state index contributed by atoms with van der Waals surface area (Å²) in [5, 5.41) is 5.44. The van der Waals surface area contributed by atoms with Crippen molar-refractivity contribution in [1.82, 2.24) is 9.88 Å². The van der Waals surface area contributed by atoms with Crippen LogP contribution in [0.25, 0.3) is 10.9 Å². The first-order valence-electron chi connectivity index (χ1n) is 9.81. The molecule has 1 aromatic heterocycles. The van der Waals surface area contributed by atoms with Crippen molar-refractivity contribution in [3.63, 3.8) is 0 Å². The number of methoxy groups -OCH3 is 1. The van der Waals surface area contributed by atoms with Gasteiger partial charge in [0.05, 0.1) is 32.5 Å². The van der Waals surface area contributed by atoms with Gasteiger partial charge in [-0.15, -0.1) is 0 Å². The number of hydrogen-bond acceptors (Lipinski definition) is 6. The van der Waals surface area contributed by atoms with Crippen LogP contribution < -0.4 is 23.0 Å². The van der Waals surface area contributed by atoms with Gasteiger partial charge in [-0.1, -0.05) is 11.6 Å². The van der Waals surface area contributed by atoms with Crippen molar-refractivity contribution < 1.29 is 46.4 Å². The van der Waals surface area contributed by atoms with Crippen molar-refractivity contribution in [2.75, 3.05) is 38.7 Å². The zero-order valence-corrected chi connectivity index (χ0v) is 19.1. The molecule has 2 amide bonds. The third-order valence-corrected chi connectivity index (χ3v) is 5.16. The first-order chi connectivity index (χ1) is 14.8. The average molecular weight is 487 g/mol. The van der Waals surface area contributed by atoms with Crippen LogP contribution in [0, 0.1) is 0 Å². The smallest absolute Gasteiger partial charge is 0.356 e. The van der Waals surface area contributed by atoms with E-state index in [-0.39, 0.29) is 49.3 Å². The molecule has 10 nitrogen and oxygen atoms in total. The summed E-state index contributed by atoms with van der Waals surface area (Å²) >= 11 is 6.07. The molecule has 1 aliphatic rings. The van der Waals surface area contributed by atoms with Crippen LogP contribution in [0.1, 0.15) is 23.8 Å². The number of carbonyl (C=O) groups is 4. The summed E-state index contributed by atoms with van der Waals surface area (Å²) in [6, 6.07) is 4.33. The number of nitrogens with one attached hydrogen (secondary N) is 2. The fraction of sp³-hybridized carbons (Fsp3) is 0.400. The summed E-state index contributed by atoms with van der Waals surface area (Å²) in [7, 11) is 1.24. The number of halogens is 2. The first-order valence-corrected chi connectivity index (χ1v) is 10.2. The van der Waals surface area contributed by atoms with Crippen LogP contribution in [0.3, 0.4) is 0 Å². The Kier molecular flexibility index (Phi) is 8.88. The Morgan fingerprint density at radius 2 is 2.09 bits per heavy atom. The van der Waals surface area contributed by atoms with E-state index in [0.29, 0.717) is 29.0 Å². The molecule has 1 saturated heterocycles. The van der Waals surface area contributed by atoms with Crippen molar-refractivity contribution in [2.45, 2.75) is 19.4 Å². The zero-order chi connectivity index (χ0) is 22.5. The van der Waals surface area contributed by atoms with E-state index in [2.05, 4.69) is 10.3 Å². The Labute approximate surface area is 195 Å². The quantitative estimate of drug-likeness (QED) is 0.364. The van der Waals surface area contributed by atoms with Gasteiger partial charge in [0.15, 0.2) is 6.04 Å². The number of amides is 2. The number of hydrogen-bond donors (Lipinski definition) is 3. The highest BCUT2D eigenvalue weighted by Gasteiger charge is 2.35. The molecular weight excluding hydrogens is 463 g/mol. The molecule has 0 radical (unpaired) electrons. The number of esters is 2. The first kappa shape index (κ1) is 25.4. The number of carbonyl (C=O) groups excluding carboxylic acids is 4. The van der Waals surface area contributed by atoms with Crippen molar-refractivity contribution in [3.05, 3.63) is 28.9 Å². The molecule has 0 saturated carbocycles. The van der Waals surface area contributed by atoms with Gasteiger partial charge in [-0.2, -0.15) is 0 Å². The van der Waals surface area contributed by atoms with Crippen LogP contribution in [-0.2, 0) is 23.9 Å². The molecule has 32 heavy (non-hydrogen) atoms. The van der Waals surface area contributed by atoms with E-state index in [1.807, 2.05) is 0 Å². The molecule has 174 valence electrons. The standard InChI is InChI=1S/C20H23ClN4O6.ClH/c1-3-31-16(27)9-14-19(28)25(7-6-22-14)10-15(26)24-17-12-8-11(21)4-5-13(12)23-18(17)20(29)30-2;/h4-5,8,14,22-23H,3,6-7,9-10H2,1-2H3,(H,24,26);1H. The van der Waals surface area contributed by atoms with E-state index in [9.17, 15) is 19.2 Å². The second kappa shape index (κ2) is 11.2. The van der Waals surface area contributed by atoms with Crippen LogP contribution in [0.5, 0.6) is 0 Å². The molecule has 3 rings (SSSR count). The third-order valence-electron chi connectivity index (χ3n) is 4.92. The number of nitrogens with two attached hydrogens (primary N) is 1. The minimum atomic E-state index is -0.652. The monoisotopic (exact) mass is 486 g/mol. The molecule has 0 bridgehead atoms. The number of aromatic nitrogens is 1. The molecule has 0 aliphatic carbocycles. The van der Waals surface area contributed by atoms with Gasteiger partial charge in [-0.25, -0.2) is 4.79 Å². The number of ether oxygens (including phenoxy) is 2. The van der Waals surface area contributed by atoms with Gasteiger partial charge in [0.2, 0.25) is 5.91 Å². The van der Waals surface area contributed by atoms with Gasteiger partial charge in [-0.3, -0.25) is 14.4 Å². The lowest BCUT2D eigenvalue weighted by molar-refractivity contribution is -0.682. The maximum Gasteiger partial charge on any atom is 0.356 e. The summed E-state index contributed by atoms with van der Waals surface area (Å²) < 4.78 is 9.70. The van der Waals surface area contributed by atoms with E-state index in [1.54, 1.807) is 30.4 Å². The zero-order valence-electron chi connectivity index (χ0n) is 17.6. The third kappa shape index (κ3) is 5.70. The summed E-state index contributed by atoms with van der Waals surface area (Å²) in [6.45, 7) is 2.62. The van der Waals surface area contributed by atoms with Crippen LogP contribution in [0.2, 0.25) is 5.02 Å². The molecule has 1 fully saturated rings. The molecule has 1 aromatic carbocycles. The minimum absolute atomic E-state index is 0. The van der Waals surface area contributed by atoms with Crippen molar-refractivity contribution in [3.8, 4) is 0 Å². The molecular formula is C20H24Cl2N4O6.